The molecule has 1 amide bonds. The number of thiophene rings is 1. The van der Waals surface area contributed by atoms with E-state index in [1.165, 1.54) is 11.3 Å². The molecule has 2 N–H and O–H groups in total. The minimum atomic E-state index is -0.347. The predicted molar refractivity (Wildman–Crippen MR) is 92.5 cm³/mol. The first-order valence-electron chi connectivity index (χ1n) is 5.67. The van der Waals surface area contributed by atoms with E-state index >= 15 is 0 Å². The van der Waals surface area contributed by atoms with Crippen LogP contribution in [-0.2, 0) is 0 Å². The van der Waals surface area contributed by atoms with Gasteiger partial charge in [-0.15, -0.1) is 11.3 Å². The van der Waals surface area contributed by atoms with Gasteiger partial charge in [-0.05, 0) is 47.1 Å². The zero-order valence-electron chi connectivity index (χ0n) is 10.7. The third-order valence-corrected chi connectivity index (χ3v) is 4.83. The van der Waals surface area contributed by atoms with Gasteiger partial charge in [0.05, 0.1) is 19.4 Å². The van der Waals surface area contributed by atoms with Crippen LogP contribution >= 0.6 is 54.8 Å². The highest BCUT2D eigenvalue weighted by Gasteiger charge is 2.12. The van der Waals surface area contributed by atoms with E-state index in [0.29, 0.717) is 25.0 Å². The van der Waals surface area contributed by atoms with E-state index in [-0.39, 0.29) is 11.7 Å². The number of halogens is 3. The summed E-state index contributed by atoms with van der Waals surface area (Å²) in [7, 11) is 0. The summed E-state index contributed by atoms with van der Waals surface area (Å²) in [5.41, 5.74) is 3.43. The second-order valence-electron chi connectivity index (χ2n) is 4.03. The zero-order chi connectivity index (χ0) is 15.6. The number of benzene rings is 1. The summed E-state index contributed by atoms with van der Waals surface area (Å²) in [4.78, 5) is 12.3. The zero-order valence-corrected chi connectivity index (χ0v) is 15.4. The van der Waals surface area contributed by atoms with Crippen molar-refractivity contribution < 1.29 is 9.90 Å². The fourth-order valence-corrected chi connectivity index (χ4v) is 3.69. The van der Waals surface area contributed by atoms with Crippen molar-refractivity contribution in [2.45, 2.75) is 6.92 Å². The van der Waals surface area contributed by atoms with Gasteiger partial charge in [0, 0.05) is 10.0 Å². The molecule has 21 heavy (non-hydrogen) atoms. The van der Waals surface area contributed by atoms with Crippen molar-refractivity contribution in [2.75, 3.05) is 0 Å². The Morgan fingerprint density at radius 3 is 2.71 bits per heavy atom. The first-order chi connectivity index (χ1) is 9.88. The molecule has 0 spiro atoms. The number of hydrogen-bond donors (Lipinski definition) is 2. The molecule has 1 aromatic heterocycles. The highest BCUT2D eigenvalue weighted by molar-refractivity contribution is 9.11. The van der Waals surface area contributed by atoms with Crippen LogP contribution < -0.4 is 5.43 Å². The van der Waals surface area contributed by atoms with Gasteiger partial charge >= 0.3 is 0 Å². The number of hydrazone groups is 1. The third kappa shape index (κ3) is 4.06. The monoisotopic (exact) mass is 450 g/mol. The Hall–Kier alpha value is -0.890. The number of aromatic hydroxyl groups is 1. The van der Waals surface area contributed by atoms with E-state index in [0.717, 1.165) is 4.47 Å². The Labute approximate surface area is 147 Å². The molecule has 0 saturated carbocycles. The fraction of sp³-hybridized carbons (Fsp3) is 0.0769. The van der Waals surface area contributed by atoms with Gasteiger partial charge in [-0.1, -0.05) is 27.5 Å². The molecular weight excluding hydrogens is 443 g/mol. The lowest BCUT2D eigenvalue weighted by Gasteiger charge is -2.07. The second kappa shape index (κ2) is 6.91. The number of hydrogen-bond acceptors (Lipinski definition) is 4. The van der Waals surface area contributed by atoms with Crippen LogP contribution in [0.1, 0.15) is 22.2 Å². The molecule has 2 aromatic rings. The Bertz CT molecular complexity index is 731. The molecule has 4 nitrogen and oxygen atoms in total. The van der Waals surface area contributed by atoms with Crippen LogP contribution in [0.3, 0.4) is 0 Å². The molecule has 0 bridgehead atoms. The van der Waals surface area contributed by atoms with Gasteiger partial charge in [-0.2, -0.15) is 5.10 Å². The standard InChI is InChI=1S/C13H9Br2ClN2O2S/c1-6(8-4-7(14)5-9(15)12(8)19)17-18-13(20)10-2-3-11(16)21-10/h2-5,19H,1H3,(H,18,20). The van der Waals surface area contributed by atoms with Gasteiger partial charge in [0.25, 0.3) is 5.91 Å². The molecule has 0 fully saturated rings. The van der Waals surface area contributed by atoms with E-state index in [9.17, 15) is 9.90 Å². The molecule has 0 aliphatic heterocycles. The predicted octanol–water partition coefficient (Wildman–Crippen LogP) is 4.79. The first-order valence-corrected chi connectivity index (χ1v) is 8.45. The lowest BCUT2D eigenvalue weighted by Crippen LogP contribution is -2.18. The summed E-state index contributed by atoms with van der Waals surface area (Å²) in [6.45, 7) is 1.69. The largest absolute Gasteiger partial charge is 0.506 e. The maximum Gasteiger partial charge on any atom is 0.281 e. The number of carbonyl (C=O) groups excluding carboxylic acids is 1. The number of rotatable bonds is 3. The maximum absolute atomic E-state index is 11.9. The number of nitrogens with zero attached hydrogens (tertiary/aromatic N) is 1. The number of phenols is 1. The minimum absolute atomic E-state index is 0.0628. The van der Waals surface area contributed by atoms with E-state index in [2.05, 4.69) is 42.4 Å². The van der Waals surface area contributed by atoms with E-state index in [4.69, 9.17) is 11.6 Å². The van der Waals surface area contributed by atoms with Gasteiger partial charge in [-0.3, -0.25) is 4.79 Å². The van der Waals surface area contributed by atoms with Crippen LogP contribution in [0, 0.1) is 0 Å². The van der Waals surface area contributed by atoms with Crippen molar-refractivity contribution >= 4 is 66.4 Å². The van der Waals surface area contributed by atoms with E-state index in [1.807, 2.05) is 0 Å². The van der Waals surface area contributed by atoms with Crippen molar-refractivity contribution in [2.24, 2.45) is 5.10 Å². The fourth-order valence-electron chi connectivity index (χ4n) is 1.53. The van der Waals surface area contributed by atoms with Crippen molar-refractivity contribution in [1.29, 1.82) is 0 Å². The lowest BCUT2D eigenvalue weighted by atomic mass is 10.1. The van der Waals surface area contributed by atoms with Crippen LogP contribution in [0.4, 0.5) is 0 Å². The van der Waals surface area contributed by atoms with Crippen LogP contribution in [0.2, 0.25) is 4.34 Å². The van der Waals surface area contributed by atoms with Crippen LogP contribution in [-0.4, -0.2) is 16.7 Å². The van der Waals surface area contributed by atoms with Gasteiger partial charge in [0.1, 0.15) is 5.75 Å². The molecule has 0 aliphatic rings. The maximum atomic E-state index is 11.9. The third-order valence-electron chi connectivity index (χ3n) is 2.54. The van der Waals surface area contributed by atoms with Crippen molar-refractivity contribution in [3.63, 3.8) is 0 Å². The summed E-state index contributed by atoms with van der Waals surface area (Å²) in [5.74, 6) is -0.285. The molecule has 0 unspecified atom stereocenters. The molecule has 0 atom stereocenters. The molecule has 0 radical (unpaired) electrons. The topological polar surface area (TPSA) is 61.7 Å². The summed E-state index contributed by atoms with van der Waals surface area (Å²) >= 11 is 13.5. The smallest absolute Gasteiger partial charge is 0.281 e. The summed E-state index contributed by atoms with van der Waals surface area (Å²) < 4.78 is 1.86. The Morgan fingerprint density at radius 2 is 2.10 bits per heavy atom. The van der Waals surface area contributed by atoms with Gasteiger partial charge in [0.2, 0.25) is 0 Å². The molecule has 1 heterocycles. The first kappa shape index (κ1) is 16.5. The molecule has 0 saturated heterocycles. The average molecular weight is 453 g/mol. The molecular formula is C13H9Br2ClN2O2S. The molecule has 110 valence electrons. The van der Waals surface area contributed by atoms with Crippen molar-refractivity contribution in [3.05, 3.63) is 48.0 Å². The van der Waals surface area contributed by atoms with Gasteiger partial charge in [0.15, 0.2) is 0 Å². The highest BCUT2D eigenvalue weighted by atomic mass is 79.9. The van der Waals surface area contributed by atoms with Crippen LogP contribution in [0.25, 0.3) is 0 Å². The van der Waals surface area contributed by atoms with Crippen LogP contribution in [0.15, 0.2) is 38.3 Å². The average Bonchev–Trinajstić information content (AvgIpc) is 2.86. The number of nitrogens with one attached hydrogen (secondary N) is 1. The number of amides is 1. The number of carbonyl (C=O) groups is 1. The summed E-state index contributed by atoms with van der Waals surface area (Å²) in [6, 6.07) is 6.71. The van der Waals surface area contributed by atoms with E-state index in [1.54, 1.807) is 31.2 Å². The summed E-state index contributed by atoms with van der Waals surface area (Å²) in [6.07, 6.45) is 0. The summed E-state index contributed by atoms with van der Waals surface area (Å²) in [5, 5.41) is 14.0. The van der Waals surface area contributed by atoms with Gasteiger partial charge < -0.3 is 5.11 Å². The molecule has 8 heteroatoms. The molecule has 0 aliphatic carbocycles. The Balaban J connectivity index is 2.20. The minimum Gasteiger partial charge on any atom is -0.506 e. The lowest BCUT2D eigenvalue weighted by molar-refractivity contribution is 0.0959. The quantitative estimate of drug-likeness (QED) is 0.520. The van der Waals surface area contributed by atoms with Gasteiger partial charge in [-0.25, -0.2) is 5.43 Å². The number of phenolic OH excluding ortho intramolecular Hbond substituents is 1. The van der Waals surface area contributed by atoms with Crippen LogP contribution in [0.5, 0.6) is 5.75 Å². The van der Waals surface area contributed by atoms with E-state index < -0.39 is 0 Å². The molecule has 1 aromatic carbocycles. The Kier molecular flexibility index (Phi) is 5.43. The highest BCUT2D eigenvalue weighted by Crippen LogP contribution is 2.32. The molecule has 2 rings (SSSR count). The SMILES string of the molecule is CC(=NNC(=O)c1ccc(Cl)s1)c1cc(Br)cc(Br)c1O. The normalized spacial score (nSPS) is 11.5. The van der Waals surface area contributed by atoms with Crippen molar-refractivity contribution in [1.82, 2.24) is 5.43 Å². The second-order valence-corrected chi connectivity index (χ2v) is 7.51. The van der Waals surface area contributed by atoms with Crippen molar-refractivity contribution in [3.8, 4) is 5.75 Å². The Morgan fingerprint density at radius 1 is 1.38 bits per heavy atom.